The third-order valence-electron chi connectivity index (χ3n) is 3.97. The number of fused-ring (bicyclic) bond motifs is 3. The van der Waals surface area contributed by atoms with E-state index >= 15 is 0 Å². The van der Waals surface area contributed by atoms with Crippen molar-refractivity contribution >= 4 is 17.3 Å². The van der Waals surface area contributed by atoms with Crippen molar-refractivity contribution in [2.75, 3.05) is 18.0 Å². The Hall–Kier alpha value is -1.47. The molecule has 98 valence electrons. The minimum atomic E-state index is 0.819. The Morgan fingerprint density at radius 3 is 2.26 bits per heavy atom. The molecule has 0 saturated carbocycles. The molecule has 2 heteroatoms. The van der Waals surface area contributed by atoms with Gasteiger partial charge in [-0.2, -0.15) is 0 Å². The van der Waals surface area contributed by atoms with Crippen molar-refractivity contribution < 1.29 is 0 Å². The fourth-order valence-electron chi connectivity index (χ4n) is 2.91. The zero-order valence-electron chi connectivity index (χ0n) is 11.4. The fourth-order valence-corrected chi connectivity index (χ4v) is 3.09. The van der Waals surface area contributed by atoms with Gasteiger partial charge in [0.2, 0.25) is 0 Å². The number of nitrogens with zero attached hydrogens (tertiary/aromatic N) is 1. The summed E-state index contributed by atoms with van der Waals surface area (Å²) in [7, 11) is 0. The number of benzene rings is 2. The van der Waals surface area contributed by atoms with Crippen molar-refractivity contribution in [2.45, 2.75) is 20.3 Å². The number of anilines is 1. The maximum atomic E-state index is 6.14. The van der Waals surface area contributed by atoms with Crippen molar-refractivity contribution in [3.05, 3.63) is 52.5 Å². The van der Waals surface area contributed by atoms with Crippen molar-refractivity contribution in [1.29, 1.82) is 0 Å². The van der Waals surface area contributed by atoms with Crippen LogP contribution in [-0.4, -0.2) is 13.1 Å². The summed E-state index contributed by atoms with van der Waals surface area (Å²) in [5, 5.41) is 0.819. The number of hydrogen-bond donors (Lipinski definition) is 0. The van der Waals surface area contributed by atoms with Gasteiger partial charge >= 0.3 is 0 Å². The van der Waals surface area contributed by atoms with E-state index in [0.29, 0.717) is 0 Å². The lowest BCUT2D eigenvalue weighted by molar-refractivity contribution is 0.866. The number of halogens is 1. The van der Waals surface area contributed by atoms with Gasteiger partial charge < -0.3 is 4.90 Å². The van der Waals surface area contributed by atoms with Crippen LogP contribution in [0, 0.1) is 0 Å². The molecular weight excluding hydrogens is 254 g/mol. The highest BCUT2D eigenvalue weighted by Gasteiger charge is 2.19. The standard InChI is InChI=1S/C17H18ClN/c1-3-19(4-2)15-8-6-13-9-12-5-7-14(18)10-16(12)17(13)11-15/h5-8,10-11H,3-4,9H2,1-2H3. The van der Waals surface area contributed by atoms with Crippen LogP contribution >= 0.6 is 11.6 Å². The molecule has 1 aliphatic rings. The average molecular weight is 272 g/mol. The Morgan fingerprint density at radius 1 is 0.947 bits per heavy atom. The third-order valence-corrected chi connectivity index (χ3v) is 4.20. The van der Waals surface area contributed by atoms with Crippen molar-refractivity contribution in [3.63, 3.8) is 0 Å². The highest BCUT2D eigenvalue weighted by Crippen LogP contribution is 2.39. The third kappa shape index (κ3) is 2.12. The maximum absolute atomic E-state index is 6.14. The first-order valence-electron chi connectivity index (χ1n) is 6.89. The first-order valence-corrected chi connectivity index (χ1v) is 7.27. The first kappa shape index (κ1) is 12.6. The van der Waals surface area contributed by atoms with E-state index in [0.717, 1.165) is 24.5 Å². The van der Waals surface area contributed by atoms with Gasteiger partial charge in [0.1, 0.15) is 0 Å². The largest absolute Gasteiger partial charge is 0.372 e. The quantitative estimate of drug-likeness (QED) is 0.664. The van der Waals surface area contributed by atoms with Crippen LogP contribution in [0.25, 0.3) is 11.1 Å². The van der Waals surface area contributed by atoms with Crippen LogP contribution in [-0.2, 0) is 6.42 Å². The van der Waals surface area contributed by atoms with Crippen molar-refractivity contribution in [2.24, 2.45) is 0 Å². The molecule has 0 heterocycles. The smallest absolute Gasteiger partial charge is 0.0412 e. The van der Waals surface area contributed by atoms with Gasteiger partial charge in [-0.25, -0.2) is 0 Å². The van der Waals surface area contributed by atoms with E-state index in [2.05, 4.69) is 49.1 Å². The molecule has 0 saturated heterocycles. The number of rotatable bonds is 3. The van der Waals surface area contributed by atoms with Gasteiger partial charge in [-0.1, -0.05) is 23.7 Å². The molecular formula is C17H18ClN. The minimum Gasteiger partial charge on any atom is -0.372 e. The highest BCUT2D eigenvalue weighted by molar-refractivity contribution is 6.31. The summed E-state index contributed by atoms with van der Waals surface area (Å²) in [6, 6.07) is 13.0. The van der Waals surface area contributed by atoms with Crippen LogP contribution in [0.15, 0.2) is 36.4 Å². The second kappa shape index (κ2) is 4.90. The zero-order valence-corrected chi connectivity index (χ0v) is 12.2. The summed E-state index contributed by atoms with van der Waals surface area (Å²) in [5.41, 5.74) is 6.75. The molecule has 0 fully saturated rings. The lowest BCUT2D eigenvalue weighted by atomic mass is 10.0. The van der Waals surface area contributed by atoms with Crippen LogP contribution in [0.4, 0.5) is 5.69 Å². The van der Waals surface area contributed by atoms with Crippen LogP contribution in [0.5, 0.6) is 0 Å². The fraction of sp³-hybridized carbons (Fsp3) is 0.294. The molecule has 2 aromatic carbocycles. The maximum Gasteiger partial charge on any atom is 0.0412 e. The molecule has 3 rings (SSSR count). The van der Waals surface area contributed by atoms with Crippen molar-refractivity contribution in [3.8, 4) is 11.1 Å². The van der Waals surface area contributed by atoms with Gasteiger partial charge in [0.05, 0.1) is 0 Å². The van der Waals surface area contributed by atoms with Gasteiger partial charge in [-0.3, -0.25) is 0 Å². The second-order valence-electron chi connectivity index (χ2n) is 4.99. The Bertz CT molecular complexity index is 615. The molecule has 2 aromatic rings. The monoisotopic (exact) mass is 271 g/mol. The molecule has 0 aliphatic heterocycles. The molecule has 0 N–H and O–H groups in total. The summed E-state index contributed by atoms with van der Waals surface area (Å²) in [6.07, 6.45) is 1.03. The summed E-state index contributed by atoms with van der Waals surface area (Å²) in [4.78, 5) is 2.38. The van der Waals surface area contributed by atoms with Crippen LogP contribution in [0.1, 0.15) is 25.0 Å². The van der Waals surface area contributed by atoms with Crippen LogP contribution < -0.4 is 4.90 Å². The number of hydrogen-bond acceptors (Lipinski definition) is 1. The van der Waals surface area contributed by atoms with E-state index < -0.39 is 0 Å². The first-order chi connectivity index (χ1) is 9.22. The molecule has 0 radical (unpaired) electrons. The van der Waals surface area contributed by atoms with Crippen LogP contribution in [0.2, 0.25) is 5.02 Å². The Balaban J connectivity index is 2.09. The predicted molar refractivity (Wildman–Crippen MR) is 83.3 cm³/mol. The van der Waals surface area contributed by atoms with E-state index in [1.807, 2.05) is 6.07 Å². The van der Waals surface area contributed by atoms with Gasteiger partial charge in [0, 0.05) is 23.8 Å². The molecule has 1 aliphatic carbocycles. The summed E-state index contributed by atoms with van der Waals surface area (Å²) in [6.45, 7) is 6.47. The summed E-state index contributed by atoms with van der Waals surface area (Å²) < 4.78 is 0. The topological polar surface area (TPSA) is 3.24 Å². The van der Waals surface area contributed by atoms with Gasteiger partial charge in [-0.05, 0) is 66.8 Å². The average Bonchev–Trinajstić information content (AvgIpc) is 2.78. The van der Waals surface area contributed by atoms with E-state index in [4.69, 9.17) is 11.6 Å². The molecule has 19 heavy (non-hydrogen) atoms. The molecule has 0 unspecified atom stereocenters. The molecule has 0 aromatic heterocycles. The van der Waals surface area contributed by atoms with Crippen LogP contribution in [0.3, 0.4) is 0 Å². The van der Waals surface area contributed by atoms with E-state index in [1.54, 1.807) is 0 Å². The Morgan fingerprint density at radius 2 is 1.58 bits per heavy atom. The Kier molecular flexibility index (Phi) is 3.24. The Labute approximate surface area is 119 Å². The minimum absolute atomic E-state index is 0.819. The second-order valence-corrected chi connectivity index (χ2v) is 5.43. The van der Waals surface area contributed by atoms with E-state index in [-0.39, 0.29) is 0 Å². The SMILES string of the molecule is CCN(CC)c1ccc2c(c1)-c1cc(Cl)ccc1C2. The predicted octanol–water partition coefficient (Wildman–Crippen LogP) is 4.76. The summed E-state index contributed by atoms with van der Waals surface area (Å²) in [5.74, 6) is 0. The van der Waals surface area contributed by atoms with Gasteiger partial charge in [0.25, 0.3) is 0 Å². The molecule has 0 amide bonds. The van der Waals surface area contributed by atoms with E-state index in [9.17, 15) is 0 Å². The van der Waals surface area contributed by atoms with Gasteiger partial charge in [0.15, 0.2) is 0 Å². The normalized spacial score (nSPS) is 12.2. The lowest BCUT2D eigenvalue weighted by Gasteiger charge is -2.21. The molecule has 0 bridgehead atoms. The summed E-state index contributed by atoms with van der Waals surface area (Å²) >= 11 is 6.14. The molecule has 1 nitrogen and oxygen atoms in total. The lowest BCUT2D eigenvalue weighted by Crippen LogP contribution is -2.21. The zero-order chi connectivity index (χ0) is 13.4. The molecule has 0 spiro atoms. The van der Waals surface area contributed by atoms with Crippen molar-refractivity contribution in [1.82, 2.24) is 0 Å². The molecule has 0 atom stereocenters. The van der Waals surface area contributed by atoms with E-state index in [1.165, 1.54) is 27.9 Å². The highest BCUT2D eigenvalue weighted by atomic mass is 35.5. The van der Waals surface area contributed by atoms with Gasteiger partial charge in [-0.15, -0.1) is 0 Å².